The summed E-state index contributed by atoms with van der Waals surface area (Å²) in [7, 11) is 0. The molecule has 0 unspecified atom stereocenters. The first kappa shape index (κ1) is 12.7. The summed E-state index contributed by atoms with van der Waals surface area (Å²) in [5.41, 5.74) is 1.68. The van der Waals surface area contributed by atoms with Gasteiger partial charge in [-0.25, -0.2) is 4.98 Å². The first-order valence-electron chi connectivity index (χ1n) is 6.16. The number of aromatic nitrogens is 1. The van der Waals surface area contributed by atoms with Gasteiger partial charge >= 0.3 is 0 Å². The minimum Gasteiger partial charge on any atom is -0.481 e. The Morgan fingerprint density at radius 3 is 2.85 bits per heavy atom. The van der Waals surface area contributed by atoms with Crippen LogP contribution in [0.2, 0.25) is 0 Å². The van der Waals surface area contributed by atoms with E-state index in [0.717, 1.165) is 16.1 Å². The number of ether oxygens (including phenoxy) is 1. The normalized spacial score (nSPS) is 10.7. The number of thiazole rings is 1. The van der Waals surface area contributed by atoms with E-state index in [1.54, 1.807) is 11.3 Å². The Kier molecular flexibility index (Phi) is 3.17. The van der Waals surface area contributed by atoms with Crippen LogP contribution in [0.4, 0.5) is 0 Å². The standard InChI is InChI=1S/C15H12N2O2S/c1-9-10(2)20-14(17-9)8-18-15-11-5-3-4-6-12(11)19-13(15)7-16/h3-6H,8H2,1-2H3. The lowest BCUT2D eigenvalue weighted by Crippen LogP contribution is -1.95. The van der Waals surface area contributed by atoms with E-state index in [1.165, 1.54) is 4.88 Å². The fourth-order valence-corrected chi connectivity index (χ4v) is 2.82. The quantitative estimate of drug-likeness (QED) is 0.730. The predicted octanol–water partition coefficient (Wildman–Crippen LogP) is 3.96. The first-order valence-corrected chi connectivity index (χ1v) is 6.98. The minimum absolute atomic E-state index is 0.205. The maximum atomic E-state index is 9.13. The fourth-order valence-electron chi connectivity index (χ4n) is 1.97. The van der Waals surface area contributed by atoms with Crippen molar-refractivity contribution in [3.05, 3.63) is 45.6 Å². The third-order valence-electron chi connectivity index (χ3n) is 3.06. The number of hydrogen-bond acceptors (Lipinski definition) is 5. The summed E-state index contributed by atoms with van der Waals surface area (Å²) in [4.78, 5) is 5.61. The van der Waals surface area contributed by atoms with Crippen LogP contribution in [0.15, 0.2) is 28.7 Å². The highest BCUT2D eigenvalue weighted by atomic mass is 32.1. The third-order valence-corrected chi connectivity index (χ3v) is 4.11. The molecule has 0 N–H and O–H groups in total. The summed E-state index contributed by atoms with van der Waals surface area (Å²) in [5, 5.41) is 10.8. The highest BCUT2D eigenvalue weighted by Gasteiger charge is 2.15. The second-order valence-corrected chi connectivity index (χ2v) is 5.69. The lowest BCUT2D eigenvalue weighted by molar-refractivity contribution is 0.303. The SMILES string of the molecule is Cc1nc(COc2c(C#N)oc3ccccc23)sc1C. The second-order valence-electron chi connectivity index (χ2n) is 4.41. The largest absolute Gasteiger partial charge is 0.481 e. The van der Waals surface area contributed by atoms with E-state index in [4.69, 9.17) is 14.4 Å². The Bertz CT molecular complexity index is 791. The number of rotatable bonds is 3. The molecule has 4 nitrogen and oxygen atoms in total. The van der Waals surface area contributed by atoms with Crippen molar-refractivity contribution < 1.29 is 9.15 Å². The molecule has 0 aliphatic rings. The van der Waals surface area contributed by atoms with Crippen LogP contribution in [0.3, 0.4) is 0 Å². The molecule has 0 atom stereocenters. The van der Waals surface area contributed by atoms with Crippen LogP contribution in [0.25, 0.3) is 11.0 Å². The predicted molar refractivity (Wildman–Crippen MR) is 76.8 cm³/mol. The topological polar surface area (TPSA) is 59.0 Å². The van der Waals surface area contributed by atoms with Crippen LogP contribution in [0, 0.1) is 25.2 Å². The van der Waals surface area contributed by atoms with Gasteiger partial charge in [-0.1, -0.05) is 12.1 Å². The van der Waals surface area contributed by atoms with Gasteiger partial charge < -0.3 is 9.15 Å². The summed E-state index contributed by atoms with van der Waals surface area (Å²) in [6, 6.07) is 9.49. The molecule has 0 bridgehead atoms. The molecular weight excluding hydrogens is 272 g/mol. The number of nitriles is 1. The molecule has 0 saturated heterocycles. The van der Waals surface area contributed by atoms with Crippen LogP contribution in [-0.2, 0) is 6.61 Å². The van der Waals surface area contributed by atoms with Gasteiger partial charge in [0.1, 0.15) is 23.3 Å². The Morgan fingerprint density at radius 2 is 2.15 bits per heavy atom. The molecule has 5 heteroatoms. The molecular formula is C15H12N2O2S. The van der Waals surface area contributed by atoms with Gasteiger partial charge in [-0.3, -0.25) is 0 Å². The van der Waals surface area contributed by atoms with E-state index in [0.29, 0.717) is 17.9 Å². The molecule has 0 aliphatic heterocycles. The van der Waals surface area contributed by atoms with E-state index >= 15 is 0 Å². The molecule has 100 valence electrons. The Balaban J connectivity index is 1.92. The van der Waals surface area contributed by atoms with Crippen molar-refractivity contribution in [1.82, 2.24) is 4.98 Å². The van der Waals surface area contributed by atoms with Crippen molar-refractivity contribution in [3.8, 4) is 11.8 Å². The smallest absolute Gasteiger partial charge is 0.246 e. The van der Waals surface area contributed by atoms with Gasteiger partial charge in [-0.2, -0.15) is 5.26 Å². The monoisotopic (exact) mass is 284 g/mol. The van der Waals surface area contributed by atoms with Gasteiger partial charge in [-0.05, 0) is 26.0 Å². The van der Waals surface area contributed by atoms with Crippen molar-refractivity contribution in [2.45, 2.75) is 20.5 Å². The van der Waals surface area contributed by atoms with Crippen LogP contribution in [-0.4, -0.2) is 4.98 Å². The zero-order chi connectivity index (χ0) is 14.1. The van der Waals surface area contributed by atoms with Gasteiger partial charge in [-0.15, -0.1) is 11.3 Å². The number of benzene rings is 1. The van der Waals surface area contributed by atoms with Crippen molar-refractivity contribution in [1.29, 1.82) is 5.26 Å². The average molecular weight is 284 g/mol. The molecule has 20 heavy (non-hydrogen) atoms. The Morgan fingerprint density at radius 1 is 1.35 bits per heavy atom. The number of furan rings is 1. The average Bonchev–Trinajstić information content (AvgIpc) is 2.97. The van der Waals surface area contributed by atoms with Crippen LogP contribution in [0.1, 0.15) is 21.3 Å². The second kappa shape index (κ2) is 4.99. The first-order chi connectivity index (χ1) is 9.69. The van der Waals surface area contributed by atoms with Gasteiger partial charge in [0.05, 0.1) is 11.1 Å². The lowest BCUT2D eigenvalue weighted by atomic mass is 10.2. The van der Waals surface area contributed by atoms with Gasteiger partial charge in [0.2, 0.25) is 5.76 Å². The Labute approximate surface area is 120 Å². The summed E-state index contributed by atoms with van der Waals surface area (Å²) in [6.07, 6.45) is 0. The van der Waals surface area contributed by atoms with Crippen molar-refractivity contribution in [2.75, 3.05) is 0 Å². The van der Waals surface area contributed by atoms with Gasteiger partial charge in [0.15, 0.2) is 5.75 Å². The maximum absolute atomic E-state index is 9.13. The van der Waals surface area contributed by atoms with E-state index in [1.807, 2.05) is 44.2 Å². The number of aryl methyl sites for hydroxylation is 2. The third kappa shape index (κ3) is 2.15. The summed E-state index contributed by atoms with van der Waals surface area (Å²) < 4.78 is 11.2. The number of fused-ring (bicyclic) bond motifs is 1. The molecule has 0 amide bonds. The highest BCUT2D eigenvalue weighted by molar-refractivity contribution is 7.11. The molecule has 0 aliphatic carbocycles. The summed E-state index contributed by atoms with van der Waals surface area (Å²) in [5.74, 6) is 0.699. The van der Waals surface area contributed by atoms with Crippen molar-refractivity contribution in [2.24, 2.45) is 0 Å². The van der Waals surface area contributed by atoms with E-state index in [9.17, 15) is 0 Å². The highest BCUT2D eigenvalue weighted by Crippen LogP contribution is 2.33. The van der Waals surface area contributed by atoms with E-state index in [2.05, 4.69) is 4.98 Å². The zero-order valence-corrected chi connectivity index (χ0v) is 12.0. The number of hydrogen-bond donors (Lipinski definition) is 0. The van der Waals surface area contributed by atoms with E-state index < -0.39 is 0 Å². The molecule has 1 aromatic carbocycles. The molecule has 0 radical (unpaired) electrons. The van der Waals surface area contributed by atoms with Crippen LogP contribution < -0.4 is 4.74 Å². The van der Waals surface area contributed by atoms with Crippen LogP contribution >= 0.6 is 11.3 Å². The Hall–Kier alpha value is -2.32. The summed E-state index contributed by atoms with van der Waals surface area (Å²) in [6.45, 7) is 4.35. The van der Waals surface area contributed by atoms with Crippen molar-refractivity contribution in [3.63, 3.8) is 0 Å². The minimum atomic E-state index is 0.205. The lowest BCUT2D eigenvalue weighted by Gasteiger charge is -2.01. The zero-order valence-electron chi connectivity index (χ0n) is 11.1. The molecule has 2 aromatic heterocycles. The molecule has 0 spiro atoms. The van der Waals surface area contributed by atoms with Gasteiger partial charge in [0, 0.05) is 4.88 Å². The summed E-state index contributed by atoms with van der Waals surface area (Å²) >= 11 is 1.61. The number of para-hydroxylation sites is 1. The number of nitrogens with zero attached hydrogens (tertiary/aromatic N) is 2. The maximum Gasteiger partial charge on any atom is 0.246 e. The van der Waals surface area contributed by atoms with Gasteiger partial charge in [0.25, 0.3) is 0 Å². The molecule has 3 rings (SSSR count). The van der Waals surface area contributed by atoms with E-state index in [-0.39, 0.29) is 5.76 Å². The molecule has 3 aromatic rings. The molecule has 2 heterocycles. The molecule has 0 fully saturated rings. The van der Waals surface area contributed by atoms with Crippen LogP contribution in [0.5, 0.6) is 5.75 Å². The fraction of sp³-hybridized carbons (Fsp3) is 0.200. The van der Waals surface area contributed by atoms with Crippen molar-refractivity contribution >= 4 is 22.3 Å². The molecule has 0 saturated carbocycles.